The molecule has 0 spiro atoms. The van der Waals surface area contributed by atoms with Gasteiger partial charge in [0.05, 0.1) is 17.8 Å². The lowest BCUT2D eigenvalue weighted by atomic mass is 10.1. The molecule has 0 aliphatic heterocycles. The van der Waals surface area contributed by atoms with Gasteiger partial charge < -0.3 is 9.84 Å². The lowest BCUT2D eigenvalue weighted by Gasteiger charge is -2.11. The smallest absolute Gasteiger partial charge is 0.162 e. The highest BCUT2D eigenvalue weighted by atomic mass is 16.5. The van der Waals surface area contributed by atoms with Crippen LogP contribution < -0.4 is 10.2 Å². The first-order chi connectivity index (χ1) is 14.6. The molecule has 150 valence electrons. The summed E-state index contributed by atoms with van der Waals surface area (Å²) in [5, 5.41) is 15.0. The van der Waals surface area contributed by atoms with Crippen molar-refractivity contribution in [2.24, 2.45) is 5.10 Å². The zero-order valence-corrected chi connectivity index (χ0v) is 16.8. The van der Waals surface area contributed by atoms with Gasteiger partial charge in [-0.15, -0.1) is 0 Å². The average molecular weight is 398 g/mol. The van der Waals surface area contributed by atoms with Gasteiger partial charge in [-0.05, 0) is 62.4 Å². The van der Waals surface area contributed by atoms with Crippen LogP contribution >= 0.6 is 0 Å². The monoisotopic (exact) mass is 398 g/mol. The number of ether oxygens (including phenoxy) is 1. The van der Waals surface area contributed by atoms with Gasteiger partial charge in [0.15, 0.2) is 11.6 Å². The van der Waals surface area contributed by atoms with E-state index in [4.69, 9.17) is 9.72 Å². The van der Waals surface area contributed by atoms with E-state index in [-0.39, 0.29) is 11.9 Å². The van der Waals surface area contributed by atoms with Gasteiger partial charge in [0, 0.05) is 16.5 Å². The van der Waals surface area contributed by atoms with E-state index in [9.17, 15) is 5.11 Å². The topological polar surface area (TPSA) is 79.6 Å². The first-order valence-electron chi connectivity index (χ1n) is 9.71. The van der Waals surface area contributed by atoms with Crippen molar-refractivity contribution < 1.29 is 9.84 Å². The molecule has 2 N–H and O–H groups in total. The van der Waals surface area contributed by atoms with E-state index >= 15 is 0 Å². The molecule has 4 aromatic rings. The number of nitrogens with one attached hydrogen (secondary N) is 1. The Bertz CT molecular complexity index is 1190. The van der Waals surface area contributed by atoms with Crippen LogP contribution in [-0.2, 0) is 0 Å². The third-order valence-electron chi connectivity index (χ3n) is 4.40. The van der Waals surface area contributed by atoms with Crippen molar-refractivity contribution in [1.29, 1.82) is 0 Å². The molecular formula is C24H22N4O2. The molecule has 0 aliphatic rings. The van der Waals surface area contributed by atoms with E-state index in [1.54, 1.807) is 24.4 Å². The number of anilines is 1. The Morgan fingerprint density at radius 3 is 2.43 bits per heavy atom. The molecule has 4 rings (SSSR count). The molecule has 0 fully saturated rings. The van der Waals surface area contributed by atoms with Crippen LogP contribution in [0.4, 0.5) is 5.82 Å². The normalized spacial score (nSPS) is 11.3. The van der Waals surface area contributed by atoms with Crippen LogP contribution in [0.5, 0.6) is 11.5 Å². The van der Waals surface area contributed by atoms with Crippen molar-refractivity contribution in [1.82, 2.24) is 9.97 Å². The highest BCUT2D eigenvalue weighted by Gasteiger charge is 2.09. The van der Waals surface area contributed by atoms with Crippen LogP contribution in [0.15, 0.2) is 77.9 Å². The standard InChI is InChI=1S/C24H22N4O2/c1-16(2)30-19-13-11-17(12-14-19)23-26-21-9-5-4-8-20(21)24(27-23)28-25-15-18-7-3-6-10-22(18)29/h3-16,29H,1-2H3,(H,26,27,28)/b25-15-. The molecule has 1 aromatic heterocycles. The molecule has 0 aliphatic carbocycles. The maximum absolute atomic E-state index is 9.89. The highest BCUT2D eigenvalue weighted by Crippen LogP contribution is 2.26. The van der Waals surface area contributed by atoms with Crippen LogP contribution in [0.25, 0.3) is 22.3 Å². The maximum atomic E-state index is 9.89. The van der Waals surface area contributed by atoms with Gasteiger partial charge in [-0.3, -0.25) is 5.43 Å². The molecule has 30 heavy (non-hydrogen) atoms. The summed E-state index contributed by atoms with van der Waals surface area (Å²) in [6.45, 7) is 3.99. The quantitative estimate of drug-likeness (QED) is 0.343. The zero-order valence-electron chi connectivity index (χ0n) is 16.8. The lowest BCUT2D eigenvalue weighted by molar-refractivity contribution is 0.242. The van der Waals surface area contributed by atoms with Crippen molar-refractivity contribution in [3.63, 3.8) is 0 Å². The van der Waals surface area contributed by atoms with Gasteiger partial charge in [0.25, 0.3) is 0 Å². The summed E-state index contributed by atoms with van der Waals surface area (Å²) in [5.74, 6) is 2.15. The molecule has 0 unspecified atom stereocenters. The number of para-hydroxylation sites is 2. The Labute approximate surface area is 174 Å². The molecule has 6 nitrogen and oxygen atoms in total. The van der Waals surface area contributed by atoms with Crippen LogP contribution in [0.3, 0.4) is 0 Å². The van der Waals surface area contributed by atoms with Crippen molar-refractivity contribution in [2.75, 3.05) is 5.43 Å². The van der Waals surface area contributed by atoms with E-state index < -0.39 is 0 Å². The lowest BCUT2D eigenvalue weighted by Crippen LogP contribution is -2.05. The van der Waals surface area contributed by atoms with Gasteiger partial charge >= 0.3 is 0 Å². The van der Waals surface area contributed by atoms with Gasteiger partial charge in [-0.2, -0.15) is 5.10 Å². The number of phenols is 1. The first-order valence-corrected chi connectivity index (χ1v) is 9.71. The van der Waals surface area contributed by atoms with Crippen LogP contribution in [0, 0.1) is 0 Å². The van der Waals surface area contributed by atoms with E-state index in [2.05, 4.69) is 15.5 Å². The van der Waals surface area contributed by atoms with Gasteiger partial charge in [-0.1, -0.05) is 24.3 Å². The number of benzene rings is 3. The Morgan fingerprint density at radius 2 is 1.67 bits per heavy atom. The largest absolute Gasteiger partial charge is 0.507 e. The maximum Gasteiger partial charge on any atom is 0.162 e. The summed E-state index contributed by atoms with van der Waals surface area (Å²) in [7, 11) is 0. The Hall–Kier alpha value is -3.93. The minimum atomic E-state index is 0.116. The number of nitrogens with zero attached hydrogens (tertiary/aromatic N) is 3. The van der Waals surface area contributed by atoms with Crippen molar-refractivity contribution in [2.45, 2.75) is 20.0 Å². The summed E-state index contributed by atoms with van der Waals surface area (Å²) < 4.78 is 5.71. The summed E-state index contributed by atoms with van der Waals surface area (Å²) in [4.78, 5) is 9.37. The minimum absolute atomic E-state index is 0.116. The highest BCUT2D eigenvalue weighted by molar-refractivity contribution is 5.91. The Kier molecular flexibility index (Phi) is 5.57. The number of hydrogen-bond donors (Lipinski definition) is 2. The Morgan fingerprint density at radius 1 is 0.933 bits per heavy atom. The second-order valence-electron chi connectivity index (χ2n) is 7.03. The predicted molar refractivity (Wildman–Crippen MR) is 120 cm³/mol. The summed E-state index contributed by atoms with van der Waals surface area (Å²) >= 11 is 0. The molecular weight excluding hydrogens is 376 g/mol. The Balaban J connectivity index is 1.66. The molecule has 6 heteroatoms. The van der Waals surface area contributed by atoms with Crippen LogP contribution in [0.2, 0.25) is 0 Å². The number of aromatic hydroxyl groups is 1. The van der Waals surface area contributed by atoms with E-state index in [0.717, 1.165) is 22.2 Å². The SMILES string of the molecule is CC(C)Oc1ccc(-c2nc(N/N=C\c3ccccc3O)c3ccccc3n2)cc1. The zero-order chi connectivity index (χ0) is 20.9. The fourth-order valence-electron chi connectivity index (χ4n) is 3.01. The second kappa shape index (κ2) is 8.61. The number of hydrogen-bond acceptors (Lipinski definition) is 6. The molecule has 0 saturated carbocycles. The number of phenolic OH excluding ortho intramolecular Hbond substituents is 1. The molecule has 0 bridgehead atoms. The molecule has 0 radical (unpaired) electrons. The minimum Gasteiger partial charge on any atom is -0.507 e. The van der Waals surface area contributed by atoms with Crippen molar-refractivity contribution in [3.8, 4) is 22.9 Å². The van der Waals surface area contributed by atoms with Gasteiger partial charge in [0.1, 0.15) is 11.5 Å². The second-order valence-corrected chi connectivity index (χ2v) is 7.03. The number of aromatic nitrogens is 2. The predicted octanol–water partition coefficient (Wildman–Crippen LogP) is 5.24. The van der Waals surface area contributed by atoms with Crippen molar-refractivity contribution >= 4 is 22.9 Å². The fraction of sp³-hybridized carbons (Fsp3) is 0.125. The summed E-state index contributed by atoms with van der Waals surface area (Å²) in [6.07, 6.45) is 1.68. The first kappa shape index (κ1) is 19.4. The molecule has 0 saturated heterocycles. The molecule has 0 atom stereocenters. The molecule has 3 aromatic carbocycles. The van der Waals surface area contributed by atoms with E-state index in [0.29, 0.717) is 17.2 Å². The number of rotatable bonds is 6. The molecule has 0 amide bonds. The average Bonchev–Trinajstić information content (AvgIpc) is 2.75. The third kappa shape index (κ3) is 4.38. The third-order valence-corrected chi connectivity index (χ3v) is 4.40. The number of hydrazone groups is 1. The number of fused-ring (bicyclic) bond motifs is 1. The van der Waals surface area contributed by atoms with Crippen LogP contribution in [-0.4, -0.2) is 27.4 Å². The van der Waals surface area contributed by atoms with Crippen molar-refractivity contribution in [3.05, 3.63) is 78.4 Å². The van der Waals surface area contributed by atoms with Gasteiger partial charge in [0.2, 0.25) is 0 Å². The fourth-order valence-corrected chi connectivity index (χ4v) is 3.01. The van der Waals surface area contributed by atoms with E-state index in [1.165, 1.54) is 0 Å². The molecule has 1 heterocycles. The summed E-state index contributed by atoms with van der Waals surface area (Å²) in [5.41, 5.74) is 5.30. The van der Waals surface area contributed by atoms with Gasteiger partial charge in [-0.25, -0.2) is 9.97 Å². The summed E-state index contributed by atoms with van der Waals surface area (Å²) in [6, 6.07) is 22.5. The van der Waals surface area contributed by atoms with Crippen LogP contribution in [0.1, 0.15) is 19.4 Å². The van der Waals surface area contributed by atoms with E-state index in [1.807, 2.05) is 68.4 Å².